The van der Waals surface area contributed by atoms with Gasteiger partial charge in [-0.15, -0.1) is 0 Å². The highest BCUT2D eigenvalue weighted by Gasteiger charge is 2.15. The molecule has 0 N–H and O–H groups in total. The number of hydrogen-bond donors (Lipinski definition) is 0. The van der Waals surface area contributed by atoms with Crippen molar-refractivity contribution in [3.05, 3.63) is 54.4 Å². The maximum Gasteiger partial charge on any atom is 0.260 e. The minimum atomic E-state index is 0.0264. The molecule has 1 heterocycles. The van der Waals surface area contributed by atoms with Crippen LogP contribution in [0.15, 0.2) is 48.7 Å². The number of amides is 1. The molecule has 0 unspecified atom stereocenters. The third kappa shape index (κ3) is 4.65. The standard InChI is InChI=1S/C18H24N2O2/c1-3-4-13-20(14-16-9-8-12-19(16)2)18(21)15-22-17-10-6-5-7-11-17/h5-12H,3-4,13-15H2,1-2H3. The Kier molecular flexibility index (Phi) is 6.07. The van der Waals surface area contributed by atoms with Crippen LogP contribution in [0.1, 0.15) is 25.5 Å². The Morgan fingerprint density at radius 2 is 1.95 bits per heavy atom. The Balaban J connectivity index is 1.95. The highest BCUT2D eigenvalue weighted by molar-refractivity contribution is 5.77. The van der Waals surface area contributed by atoms with Gasteiger partial charge < -0.3 is 14.2 Å². The normalized spacial score (nSPS) is 10.5. The molecule has 0 saturated carbocycles. The quantitative estimate of drug-likeness (QED) is 0.750. The van der Waals surface area contributed by atoms with Crippen molar-refractivity contribution in [2.75, 3.05) is 13.2 Å². The van der Waals surface area contributed by atoms with E-state index < -0.39 is 0 Å². The van der Waals surface area contributed by atoms with Gasteiger partial charge in [-0.1, -0.05) is 31.5 Å². The summed E-state index contributed by atoms with van der Waals surface area (Å²) in [6.45, 7) is 3.60. The van der Waals surface area contributed by atoms with E-state index in [-0.39, 0.29) is 12.5 Å². The number of carbonyl (C=O) groups excluding carboxylic acids is 1. The Morgan fingerprint density at radius 3 is 2.59 bits per heavy atom. The maximum absolute atomic E-state index is 12.5. The van der Waals surface area contributed by atoms with Gasteiger partial charge in [0.15, 0.2) is 6.61 Å². The lowest BCUT2D eigenvalue weighted by Gasteiger charge is -2.23. The lowest BCUT2D eigenvalue weighted by Crippen LogP contribution is -2.35. The predicted octanol–water partition coefficient (Wildman–Crippen LogP) is 3.23. The van der Waals surface area contributed by atoms with E-state index in [2.05, 4.69) is 6.92 Å². The summed E-state index contributed by atoms with van der Waals surface area (Å²) in [5, 5.41) is 0. The fourth-order valence-electron chi connectivity index (χ4n) is 2.25. The van der Waals surface area contributed by atoms with E-state index in [1.165, 1.54) is 0 Å². The molecule has 0 radical (unpaired) electrons. The number of aromatic nitrogens is 1. The largest absolute Gasteiger partial charge is 0.484 e. The van der Waals surface area contributed by atoms with Gasteiger partial charge in [-0.25, -0.2) is 0 Å². The van der Waals surface area contributed by atoms with E-state index in [0.29, 0.717) is 6.54 Å². The third-order valence-corrected chi connectivity index (χ3v) is 3.64. The van der Waals surface area contributed by atoms with Gasteiger partial charge in [-0.05, 0) is 30.7 Å². The van der Waals surface area contributed by atoms with Crippen LogP contribution in [0.2, 0.25) is 0 Å². The number of carbonyl (C=O) groups is 1. The van der Waals surface area contributed by atoms with Crippen LogP contribution in [0, 0.1) is 0 Å². The summed E-state index contributed by atoms with van der Waals surface area (Å²) in [5.74, 6) is 0.753. The van der Waals surface area contributed by atoms with Crippen LogP contribution < -0.4 is 4.74 Å². The molecular weight excluding hydrogens is 276 g/mol. The average Bonchev–Trinajstić information content (AvgIpc) is 2.95. The maximum atomic E-state index is 12.5. The van der Waals surface area contributed by atoms with Crippen LogP contribution in [0.4, 0.5) is 0 Å². The number of unbranched alkanes of at least 4 members (excludes halogenated alkanes) is 1. The molecule has 2 aromatic rings. The molecule has 22 heavy (non-hydrogen) atoms. The molecule has 1 aromatic carbocycles. The number of aryl methyl sites for hydroxylation is 1. The van der Waals surface area contributed by atoms with Crippen molar-refractivity contribution >= 4 is 5.91 Å². The molecule has 0 spiro atoms. The van der Waals surface area contributed by atoms with Gasteiger partial charge in [0.1, 0.15) is 5.75 Å². The second-order valence-corrected chi connectivity index (χ2v) is 5.38. The lowest BCUT2D eigenvalue weighted by molar-refractivity contribution is -0.134. The summed E-state index contributed by atoms with van der Waals surface area (Å²) in [6.07, 6.45) is 4.07. The van der Waals surface area contributed by atoms with Crippen LogP contribution in [0.5, 0.6) is 5.75 Å². The van der Waals surface area contributed by atoms with E-state index in [4.69, 9.17) is 4.74 Å². The second kappa shape index (κ2) is 8.27. The van der Waals surface area contributed by atoms with E-state index in [9.17, 15) is 4.79 Å². The van der Waals surface area contributed by atoms with Crippen LogP contribution in [-0.2, 0) is 18.4 Å². The SMILES string of the molecule is CCCCN(Cc1cccn1C)C(=O)COc1ccccc1. The zero-order valence-electron chi connectivity index (χ0n) is 13.4. The first-order valence-corrected chi connectivity index (χ1v) is 7.76. The van der Waals surface area contributed by atoms with Gasteiger partial charge >= 0.3 is 0 Å². The van der Waals surface area contributed by atoms with Crippen LogP contribution in [-0.4, -0.2) is 28.5 Å². The van der Waals surface area contributed by atoms with Crippen molar-refractivity contribution in [3.63, 3.8) is 0 Å². The minimum Gasteiger partial charge on any atom is -0.484 e. The van der Waals surface area contributed by atoms with Gasteiger partial charge in [0, 0.05) is 25.5 Å². The number of ether oxygens (including phenoxy) is 1. The number of rotatable bonds is 8. The first-order chi connectivity index (χ1) is 10.7. The fourth-order valence-corrected chi connectivity index (χ4v) is 2.25. The molecule has 1 amide bonds. The molecule has 0 bridgehead atoms. The molecule has 4 nitrogen and oxygen atoms in total. The van der Waals surface area contributed by atoms with Gasteiger partial charge in [0.05, 0.1) is 6.54 Å². The first-order valence-electron chi connectivity index (χ1n) is 7.76. The Hall–Kier alpha value is -2.23. The Bertz CT molecular complexity index is 578. The summed E-state index contributed by atoms with van der Waals surface area (Å²) in [7, 11) is 2.00. The van der Waals surface area contributed by atoms with Crippen molar-refractivity contribution in [3.8, 4) is 5.75 Å². The third-order valence-electron chi connectivity index (χ3n) is 3.64. The zero-order chi connectivity index (χ0) is 15.8. The van der Waals surface area contributed by atoms with E-state index >= 15 is 0 Å². The summed E-state index contributed by atoms with van der Waals surface area (Å²) in [4.78, 5) is 14.3. The molecule has 0 aliphatic carbocycles. The summed E-state index contributed by atoms with van der Waals surface area (Å²) in [6, 6.07) is 13.5. The van der Waals surface area contributed by atoms with E-state index in [1.807, 2.05) is 65.2 Å². The van der Waals surface area contributed by atoms with Crippen LogP contribution >= 0.6 is 0 Å². The molecule has 0 aliphatic rings. The molecule has 2 rings (SSSR count). The van der Waals surface area contributed by atoms with Crippen molar-refractivity contribution in [2.24, 2.45) is 7.05 Å². The van der Waals surface area contributed by atoms with Crippen molar-refractivity contribution in [1.82, 2.24) is 9.47 Å². The average molecular weight is 300 g/mol. The predicted molar refractivity (Wildman–Crippen MR) is 87.7 cm³/mol. The number of hydrogen-bond acceptors (Lipinski definition) is 2. The number of nitrogens with zero attached hydrogens (tertiary/aromatic N) is 2. The first kappa shape index (κ1) is 16.1. The number of para-hydroxylation sites is 1. The van der Waals surface area contributed by atoms with E-state index in [0.717, 1.165) is 30.8 Å². The van der Waals surface area contributed by atoms with Crippen LogP contribution in [0.25, 0.3) is 0 Å². The van der Waals surface area contributed by atoms with Crippen molar-refractivity contribution in [1.29, 1.82) is 0 Å². The molecule has 0 aliphatic heterocycles. The topological polar surface area (TPSA) is 34.5 Å². The highest BCUT2D eigenvalue weighted by atomic mass is 16.5. The summed E-state index contributed by atoms with van der Waals surface area (Å²) in [5.41, 5.74) is 1.13. The molecular formula is C18H24N2O2. The van der Waals surface area contributed by atoms with Gasteiger partial charge in [-0.3, -0.25) is 4.79 Å². The smallest absolute Gasteiger partial charge is 0.260 e. The Morgan fingerprint density at radius 1 is 1.18 bits per heavy atom. The zero-order valence-corrected chi connectivity index (χ0v) is 13.4. The molecule has 0 saturated heterocycles. The summed E-state index contributed by atoms with van der Waals surface area (Å²) < 4.78 is 7.63. The monoisotopic (exact) mass is 300 g/mol. The minimum absolute atomic E-state index is 0.0264. The van der Waals surface area contributed by atoms with Crippen LogP contribution in [0.3, 0.4) is 0 Å². The summed E-state index contributed by atoms with van der Waals surface area (Å²) >= 11 is 0. The lowest BCUT2D eigenvalue weighted by atomic mass is 10.3. The van der Waals surface area contributed by atoms with E-state index in [1.54, 1.807) is 0 Å². The van der Waals surface area contributed by atoms with Gasteiger partial charge in [0.25, 0.3) is 5.91 Å². The number of benzene rings is 1. The fraction of sp³-hybridized carbons (Fsp3) is 0.389. The van der Waals surface area contributed by atoms with Gasteiger partial charge in [-0.2, -0.15) is 0 Å². The van der Waals surface area contributed by atoms with Gasteiger partial charge in [0.2, 0.25) is 0 Å². The highest BCUT2D eigenvalue weighted by Crippen LogP contribution is 2.10. The second-order valence-electron chi connectivity index (χ2n) is 5.38. The molecule has 0 atom stereocenters. The molecule has 0 fully saturated rings. The van der Waals surface area contributed by atoms with Crippen molar-refractivity contribution < 1.29 is 9.53 Å². The molecule has 118 valence electrons. The molecule has 4 heteroatoms. The Labute approximate surface area is 132 Å². The molecule has 1 aromatic heterocycles. The van der Waals surface area contributed by atoms with Crippen molar-refractivity contribution in [2.45, 2.75) is 26.3 Å².